The molecule has 126 valence electrons. The van der Waals surface area contributed by atoms with Gasteiger partial charge in [0.05, 0.1) is 6.61 Å². The molecule has 0 saturated carbocycles. The standard InChI is InChI=1S/C20H24O3Si/c1-16(2)19(21)22-15-9-14-20(23-24,17-10-5-3-6-11-17)18-12-7-4-8-13-18/h3-8,10-13H,1,9,14-15H2,2,24H3. The third-order valence-corrected chi connectivity index (χ3v) is 4.78. The lowest BCUT2D eigenvalue weighted by Crippen LogP contribution is -2.31. The first kappa shape index (κ1) is 18.2. The van der Waals surface area contributed by atoms with Gasteiger partial charge in [0.15, 0.2) is 0 Å². The average molecular weight is 340 g/mol. The zero-order valence-electron chi connectivity index (χ0n) is 14.3. The molecule has 0 aliphatic rings. The average Bonchev–Trinajstić information content (AvgIpc) is 2.63. The minimum absolute atomic E-state index is 0.341. The van der Waals surface area contributed by atoms with Crippen LogP contribution in [0.3, 0.4) is 0 Å². The minimum atomic E-state index is -0.496. The first-order valence-electron chi connectivity index (χ1n) is 8.09. The molecule has 2 aromatic carbocycles. The molecule has 0 atom stereocenters. The van der Waals surface area contributed by atoms with Crippen LogP contribution in [0.5, 0.6) is 0 Å². The molecule has 0 saturated heterocycles. The largest absolute Gasteiger partial charge is 0.462 e. The van der Waals surface area contributed by atoms with Gasteiger partial charge in [-0.25, -0.2) is 4.79 Å². The van der Waals surface area contributed by atoms with Gasteiger partial charge in [0.2, 0.25) is 0 Å². The van der Waals surface area contributed by atoms with Gasteiger partial charge >= 0.3 is 5.97 Å². The molecule has 0 aliphatic carbocycles. The monoisotopic (exact) mass is 340 g/mol. The molecular weight excluding hydrogens is 316 g/mol. The van der Waals surface area contributed by atoms with Gasteiger partial charge in [-0.05, 0) is 30.9 Å². The van der Waals surface area contributed by atoms with Gasteiger partial charge in [-0.2, -0.15) is 0 Å². The van der Waals surface area contributed by atoms with Crippen molar-refractivity contribution in [2.24, 2.45) is 0 Å². The Hall–Kier alpha value is -2.17. The van der Waals surface area contributed by atoms with Crippen molar-refractivity contribution >= 4 is 16.5 Å². The van der Waals surface area contributed by atoms with Crippen molar-refractivity contribution in [1.82, 2.24) is 0 Å². The minimum Gasteiger partial charge on any atom is -0.462 e. The summed E-state index contributed by atoms with van der Waals surface area (Å²) in [5, 5.41) is 0. The molecule has 0 fully saturated rings. The Morgan fingerprint density at radius 2 is 1.54 bits per heavy atom. The molecule has 0 heterocycles. The Kier molecular flexibility index (Phi) is 6.52. The number of rotatable bonds is 8. The molecule has 2 rings (SSSR count). The summed E-state index contributed by atoms with van der Waals surface area (Å²) >= 11 is 0. The summed E-state index contributed by atoms with van der Waals surface area (Å²) in [5.74, 6) is -0.341. The van der Waals surface area contributed by atoms with E-state index in [1.54, 1.807) is 6.92 Å². The Morgan fingerprint density at radius 1 is 1.04 bits per heavy atom. The number of esters is 1. The van der Waals surface area contributed by atoms with E-state index in [9.17, 15) is 4.79 Å². The molecule has 0 bridgehead atoms. The van der Waals surface area contributed by atoms with Crippen LogP contribution < -0.4 is 0 Å². The van der Waals surface area contributed by atoms with Crippen LogP contribution in [-0.4, -0.2) is 23.1 Å². The summed E-state index contributed by atoms with van der Waals surface area (Å²) in [5.41, 5.74) is 2.17. The zero-order valence-corrected chi connectivity index (χ0v) is 16.3. The maximum absolute atomic E-state index is 11.5. The summed E-state index contributed by atoms with van der Waals surface area (Å²) in [6.45, 7) is 5.61. The van der Waals surface area contributed by atoms with E-state index in [0.717, 1.165) is 17.5 Å². The summed E-state index contributed by atoms with van der Waals surface area (Å²) in [6, 6.07) is 20.4. The van der Waals surface area contributed by atoms with Gasteiger partial charge in [0, 0.05) is 5.57 Å². The molecule has 0 unspecified atom stereocenters. The van der Waals surface area contributed by atoms with E-state index in [2.05, 4.69) is 30.8 Å². The highest BCUT2D eigenvalue weighted by atomic mass is 28.2. The summed E-state index contributed by atoms with van der Waals surface area (Å²) < 4.78 is 11.4. The highest BCUT2D eigenvalue weighted by molar-refractivity contribution is 5.98. The third kappa shape index (κ3) is 4.22. The molecule has 0 N–H and O–H groups in total. The van der Waals surface area contributed by atoms with E-state index in [4.69, 9.17) is 9.16 Å². The summed E-state index contributed by atoms with van der Waals surface area (Å²) in [6.07, 6.45) is 1.46. The Balaban J connectivity index is 2.21. The lowest BCUT2D eigenvalue weighted by Gasteiger charge is -2.34. The number of hydrogen-bond donors (Lipinski definition) is 0. The zero-order chi connectivity index (χ0) is 17.4. The smallest absolute Gasteiger partial charge is 0.333 e. The predicted octanol–water partition coefficient (Wildman–Crippen LogP) is 3.13. The van der Waals surface area contributed by atoms with Crippen LogP contribution >= 0.6 is 0 Å². The first-order chi connectivity index (χ1) is 11.6. The van der Waals surface area contributed by atoms with Crippen LogP contribution in [0, 0.1) is 0 Å². The van der Waals surface area contributed by atoms with E-state index in [1.165, 1.54) is 0 Å². The quantitative estimate of drug-likeness (QED) is 0.321. The molecule has 4 heteroatoms. The Bertz CT molecular complexity index is 628. The highest BCUT2D eigenvalue weighted by Gasteiger charge is 2.33. The lowest BCUT2D eigenvalue weighted by atomic mass is 9.83. The fourth-order valence-corrected chi connectivity index (χ4v) is 3.49. The van der Waals surface area contributed by atoms with Crippen LogP contribution in [-0.2, 0) is 19.6 Å². The van der Waals surface area contributed by atoms with Gasteiger partial charge in [-0.3, -0.25) is 0 Å². The number of hydrogen-bond acceptors (Lipinski definition) is 3. The van der Waals surface area contributed by atoms with Crippen LogP contribution in [0.2, 0.25) is 0 Å². The van der Waals surface area contributed by atoms with Crippen molar-refractivity contribution in [3.05, 3.63) is 83.9 Å². The van der Waals surface area contributed by atoms with Crippen molar-refractivity contribution < 1.29 is 14.0 Å². The molecule has 0 amide bonds. The van der Waals surface area contributed by atoms with Gasteiger partial charge < -0.3 is 9.16 Å². The third-order valence-electron chi connectivity index (χ3n) is 4.08. The molecule has 2 aromatic rings. The number of ether oxygens (including phenoxy) is 1. The Labute approximate surface area is 146 Å². The number of benzene rings is 2. The van der Waals surface area contributed by atoms with Crippen LogP contribution in [0.1, 0.15) is 30.9 Å². The maximum Gasteiger partial charge on any atom is 0.333 e. The predicted molar refractivity (Wildman–Crippen MR) is 99.7 cm³/mol. The number of carbonyl (C=O) groups is 1. The van der Waals surface area contributed by atoms with Crippen molar-refractivity contribution in [2.75, 3.05) is 6.61 Å². The van der Waals surface area contributed by atoms with Gasteiger partial charge in [0.25, 0.3) is 0 Å². The summed E-state index contributed by atoms with van der Waals surface area (Å²) in [7, 11) is 0.606. The van der Waals surface area contributed by atoms with E-state index in [1.807, 2.05) is 36.4 Å². The SMILES string of the molecule is C=C(C)C(=O)OCCCC(O[SiH3])(c1ccccc1)c1ccccc1. The van der Waals surface area contributed by atoms with E-state index < -0.39 is 5.60 Å². The second-order valence-electron chi connectivity index (χ2n) is 5.78. The molecule has 3 nitrogen and oxygen atoms in total. The van der Waals surface area contributed by atoms with E-state index in [-0.39, 0.29) is 5.97 Å². The van der Waals surface area contributed by atoms with Crippen LogP contribution in [0.4, 0.5) is 0 Å². The highest BCUT2D eigenvalue weighted by Crippen LogP contribution is 2.37. The van der Waals surface area contributed by atoms with Crippen LogP contribution in [0.25, 0.3) is 0 Å². The topological polar surface area (TPSA) is 35.5 Å². The Morgan fingerprint density at radius 3 is 1.96 bits per heavy atom. The van der Waals surface area contributed by atoms with Crippen molar-refractivity contribution in [2.45, 2.75) is 25.4 Å². The van der Waals surface area contributed by atoms with Gasteiger partial charge in [0.1, 0.15) is 16.1 Å². The van der Waals surface area contributed by atoms with Gasteiger partial charge in [-0.15, -0.1) is 0 Å². The molecule has 0 radical (unpaired) electrons. The van der Waals surface area contributed by atoms with E-state index in [0.29, 0.717) is 29.1 Å². The number of carbonyl (C=O) groups excluding carboxylic acids is 1. The molecule has 24 heavy (non-hydrogen) atoms. The van der Waals surface area contributed by atoms with Crippen molar-refractivity contribution in [3.63, 3.8) is 0 Å². The van der Waals surface area contributed by atoms with Crippen molar-refractivity contribution in [1.29, 1.82) is 0 Å². The van der Waals surface area contributed by atoms with Crippen LogP contribution in [0.15, 0.2) is 72.8 Å². The van der Waals surface area contributed by atoms with E-state index >= 15 is 0 Å². The lowest BCUT2D eigenvalue weighted by molar-refractivity contribution is -0.139. The molecule has 0 aromatic heterocycles. The fraction of sp³-hybridized carbons (Fsp3) is 0.250. The molecule has 0 spiro atoms. The van der Waals surface area contributed by atoms with Crippen molar-refractivity contribution in [3.8, 4) is 0 Å². The molecule has 0 aliphatic heterocycles. The maximum atomic E-state index is 11.5. The fourth-order valence-electron chi connectivity index (χ4n) is 2.82. The second-order valence-corrected chi connectivity index (χ2v) is 6.19. The van der Waals surface area contributed by atoms with Gasteiger partial charge in [-0.1, -0.05) is 67.2 Å². The normalized spacial score (nSPS) is 11.2. The summed E-state index contributed by atoms with van der Waals surface area (Å²) in [4.78, 5) is 11.5. The molecular formula is C20H24O3Si. The second kappa shape index (κ2) is 8.62. The first-order valence-corrected chi connectivity index (χ1v) is 8.90.